The van der Waals surface area contributed by atoms with Crippen molar-refractivity contribution < 1.29 is 0 Å². The lowest BCUT2D eigenvalue weighted by Gasteiger charge is -2.32. The monoisotopic (exact) mass is 270 g/mol. The Labute approximate surface area is 114 Å². The quantitative estimate of drug-likeness (QED) is 0.716. The SMILES string of the molecule is c1n[nH]c(C2CCCN(c3ncnc4[nH]ncc34)C2)n1. The molecule has 20 heavy (non-hydrogen) atoms. The predicted molar refractivity (Wildman–Crippen MR) is 72.3 cm³/mol. The fourth-order valence-corrected chi connectivity index (χ4v) is 2.81. The van der Waals surface area contributed by atoms with Crippen molar-refractivity contribution in [2.45, 2.75) is 18.8 Å². The Morgan fingerprint density at radius 2 is 2.10 bits per heavy atom. The van der Waals surface area contributed by atoms with E-state index in [1.165, 1.54) is 0 Å². The highest BCUT2D eigenvalue weighted by molar-refractivity contribution is 5.86. The minimum Gasteiger partial charge on any atom is -0.355 e. The van der Waals surface area contributed by atoms with E-state index in [4.69, 9.17) is 0 Å². The summed E-state index contributed by atoms with van der Waals surface area (Å²) in [5, 5.41) is 14.8. The van der Waals surface area contributed by atoms with Crippen LogP contribution in [0.1, 0.15) is 24.6 Å². The molecule has 4 heterocycles. The normalized spacial score (nSPS) is 19.6. The van der Waals surface area contributed by atoms with Crippen molar-refractivity contribution in [3.05, 3.63) is 24.7 Å². The zero-order valence-electron chi connectivity index (χ0n) is 10.8. The average Bonchev–Trinajstić information content (AvgIpc) is 3.18. The molecule has 1 saturated heterocycles. The van der Waals surface area contributed by atoms with Crippen LogP contribution >= 0.6 is 0 Å². The van der Waals surface area contributed by atoms with Gasteiger partial charge in [-0.05, 0) is 12.8 Å². The third-order valence-corrected chi connectivity index (χ3v) is 3.77. The Morgan fingerprint density at radius 1 is 1.10 bits per heavy atom. The number of hydrogen-bond acceptors (Lipinski definition) is 6. The molecule has 1 fully saturated rings. The van der Waals surface area contributed by atoms with Crippen LogP contribution in [0.15, 0.2) is 18.9 Å². The van der Waals surface area contributed by atoms with Crippen molar-refractivity contribution in [3.8, 4) is 0 Å². The number of nitrogens with one attached hydrogen (secondary N) is 2. The summed E-state index contributed by atoms with van der Waals surface area (Å²) in [5.74, 6) is 2.25. The maximum atomic E-state index is 4.43. The molecule has 1 atom stereocenters. The highest BCUT2D eigenvalue weighted by atomic mass is 15.2. The molecular formula is C12H14N8. The van der Waals surface area contributed by atoms with Crippen LogP contribution in [0.4, 0.5) is 5.82 Å². The van der Waals surface area contributed by atoms with E-state index in [9.17, 15) is 0 Å². The van der Waals surface area contributed by atoms with Gasteiger partial charge in [0.1, 0.15) is 24.3 Å². The van der Waals surface area contributed by atoms with Gasteiger partial charge in [0.25, 0.3) is 0 Å². The summed E-state index contributed by atoms with van der Waals surface area (Å²) in [6.07, 6.45) is 7.14. The Hall–Kier alpha value is -2.51. The second kappa shape index (κ2) is 4.55. The first-order chi connectivity index (χ1) is 9.92. The summed E-state index contributed by atoms with van der Waals surface area (Å²) in [7, 11) is 0. The first kappa shape index (κ1) is 11.3. The molecule has 1 unspecified atom stereocenters. The molecule has 1 aliphatic heterocycles. The predicted octanol–water partition coefficient (Wildman–Crippen LogP) is 0.855. The number of piperidine rings is 1. The second-order valence-electron chi connectivity index (χ2n) is 4.99. The van der Waals surface area contributed by atoms with E-state index < -0.39 is 0 Å². The van der Waals surface area contributed by atoms with Crippen LogP contribution in [-0.4, -0.2) is 48.4 Å². The van der Waals surface area contributed by atoms with E-state index in [1.54, 1.807) is 18.9 Å². The number of anilines is 1. The Kier molecular flexibility index (Phi) is 2.58. The fraction of sp³-hybridized carbons (Fsp3) is 0.417. The summed E-state index contributed by atoms with van der Waals surface area (Å²) >= 11 is 0. The van der Waals surface area contributed by atoms with Gasteiger partial charge in [0.2, 0.25) is 0 Å². The summed E-state index contributed by atoms with van der Waals surface area (Å²) in [6.45, 7) is 1.87. The van der Waals surface area contributed by atoms with Crippen LogP contribution in [-0.2, 0) is 0 Å². The standard InChI is InChI=1S/C12H14N8/c1-2-8(10-14-7-17-18-10)5-20(3-1)12-9-4-16-19-11(9)13-6-15-12/h4,6-8H,1-3,5H2,(H,14,17,18)(H,13,15,16,19). The lowest BCUT2D eigenvalue weighted by Crippen LogP contribution is -2.35. The van der Waals surface area contributed by atoms with Gasteiger partial charge in [-0.2, -0.15) is 10.2 Å². The van der Waals surface area contributed by atoms with Gasteiger partial charge in [0, 0.05) is 19.0 Å². The topological polar surface area (TPSA) is 99.3 Å². The number of nitrogens with zero attached hydrogens (tertiary/aromatic N) is 6. The molecule has 2 N–H and O–H groups in total. The maximum Gasteiger partial charge on any atom is 0.160 e. The molecule has 3 aromatic rings. The van der Waals surface area contributed by atoms with E-state index in [0.29, 0.717) is 5.92 Å². The van der Waals surface area contributed by atoms with E-state index >= 15 is 0 Å². The summed E-state index contributed by atoms with van der Waals surface area (Å²) in [6, 6.07) is 0. The lowest BCUT2D eigenvalue weighted by molar-refractivity contribution is 0.490. The van der Waals surface area contributed by atoms with Gasteiger partial charge >= 0.3 is 0 Å². The van der Waals surface area contributed by atoms with Gasteiger partial charge in [-0.3, -0.25) is 10.2 Å². The molecule has 0 spiro atoms. The van der Waals surface area contributed by atoms with Gasteiger partial charge in [-0.25, -0.2) is 15.0 Å². The zero-order valence-corrected chi connectivity index (χ0v) is 10.8. The van der Waals surface area contributed by atoms with Crippen molar-refractivity contribution in [2.75, 3.05) is 18.0 Å². The molecule has 0 aromatic carbocycles. The van der Waals surface area contributed by atoms with Gasteiger partial charge in [0.15, 0.2) is 5.65 Å². The lowest BCUT2D eigenvalue weighted by atomic mass is 9.97. The average molecular weight is 270 g/mol. The molecular weight excluding hydrogens is 256 g/mol. The van der Waals surface area contributed by atoms with E-state index in [0.717, 1.165) is 48.6 Å². The molecule has 0 aliphatic carbocycles. The minimum atomic E-state index is 0.364. The molecule has 4 rings (SSSR count). The van der Waals surface area contributed by atoms with Crippen LogP contribution in [0.2, 0.25) is 0 Å². The minimum absolute atomic E-state index is 0.364. The second-order valence-corrected chi connectivity index (χ2v) is 4.99. The van der Waals surface area contributed by atoms with Crippen LogP contribution in [0.5, 0.6) is 0 Å². The molecule has 0 bridgehead atoms. The molecule has 0 amide bonds. The van der Waals surface area contributed by atoms with Gasteiger partial charge < -0.3 is 4.90 Å². The van der Waals surface area contributed by atoms with Gasteiger partial charge in [-0.1, -0.05) is 0 Å². The number of aromatic nitrogens is 7. The van der Waals surface area contributed by atoms with E-state index in [2.05, 4.69) is 40.2 Å². The van der Waals surface area contributed by atoms with Crippen LogP contribution < -0.4 is 4.90 Å². The molecule has 8 heteroatoms. The molecule has 3 aromatic heterocycles. The first-order valence-corrected chi connectivity index (χ1v) is 6.66. The molecule has 0 saturated carbocycles. The summed E-state index contributed by atoms with van der Waals surface area (Å²) in [5.41, 5.74) is 0.775. The summed E-state index contributed by atoms with van der Waals surface area (Å²) in [4.78, 5) is 15.2. The summed E-state index contributed by atoms with van der Waals surface area (Å²) < 4.78 is 0. The Morgan fingerprint density at radius 3 is 3.00 bits per heavy atom. The van der Waals surface area contributed by atoms with Crippen LogP contribution in [0.25, 0.3) is 11.0 Å². The molecule has 102 valence electrons. The first-order valence-electron chi connectivity index (χ1n) is 6.66. The highest BCUT2D eigenvalue weighted by Gasteiger charge is 2.25. The molecule has 0 radical (unpaired) electrons. The zero-order chi connectivity index (χ0) is 13.4. The number of rotatable bonds is 2. The van der Waals surface area contributed by atoms with Crippen molar-refractivity contribution in [1.82, 2.24) is 35.3 Å². The fourth-order valence-electron chi connectivity index (χ4n) is 2.81. The highest BCUT2D eigenvalue weighted by Crippen LogP contribution is 2.29. The smallest absolute Gasteiger partial charge is 0.160 e. The third-order valence-electron chi connectivity index (χ3n) is 3.77. The van der Waals surface area contributed by atoms with Crippen molar-refractivity contribution in [3.63, 3.8) is 0 Å². The van der Waals surface area contributed by atoms with Crippen molar-refractivity contribution >= 4 is 16.9 Å². The maximum absolute atomic E-state index is 4.43. The number of aromatic amines is 2. The van der Waals surface area contributed by atoms with Crippen LogP contribution in [0, 0.1) is 0 Å². The Bertz CT molecular complexity index is 703. The molecule has 1 aliphatic rings. The van der Waals surface area contributed by atoms with E-state index in [-0.39, 0.29) is 0 Å². The van der Waals surface area contributed by atoms with E-state index in [1.807, 2.05) is 0 Å². The number of fused-ring (bicyclic) bond motifs is 1. The Balaban J connectivity index is 1.66. The van der Waals surface area contributed by atoms with Crippen molar-refractivity contribution in [2.24, 2.45) is 0 Å². The largest absolute Gasteiger partial charge is 0.355 e. The van der Waals surface area contributed by atoms with Gasteiger partial charge in [-0.15, -0.1) is 0 Å². The van der Waals surface area contributed by atoms with Crippen molar-refractivity contribution in [1.29, 1.82) is 0 Å². The number of hydrogen-bond donors (Lipinski definition) is 2. The molecule has 8 nitrogen and oxygen atoms in total. The van der Waals surface area contributed by atoms with Gasteiger partial charge in [0.05, 0.1) is 11.6 Å². The number of H-pyrrole nitrogens is 2. The van der Waals surface area contributed by atoms with Crippen LogP contribution in [0.3, 0.4) is 0 Å². The third kappa shape index (κ3) is 1.80.